The molecule has 1 unspecified atom stereocenters. The lowest BCUT2D eigenvalue weighted by Gasteiger charge is -2.38. The van der Waals surface area contributed by atoms with Crippen molar-refractivity contribution < 1.29 is 4.74 Å². The first-order valence-corrected chi connectivity index (χ1v) is 9.27. The molecule has 1 aromatic heterocycles. The Morgan fingerprint density at radius 3 is 2.85 bits per heavy atom. The highest BCUT2D eigenvalue weighted by atomic mass is 127. The van der Waals surface area contributed by atoms with E-state index in [0.29, 0.717) is 0 Å². The van der Waals surface area contributed by atoms with Crippen LogP contribution in [0.3, 0.4) is 0 Å². The highest BCUT2D eigenvalue weighted by molar-refractivity contribution is 14.0. The number of aliphatic imine (C=N–C) groups is 1. The zero-order valence-electron chi connectivity index (χ0n) is 16.5. The molecule has 2 heterocycles. The van der Waals surface area contributed by atoms with Crippen molar-refractivity contribution in [3.8, 4) is 5.75 Å². The molecular weight excluding hydrogens is 453 g/mol. The molecule has 0 saturated heterocycles. The summed E-state index contributed by atoms with van der Waals surface area (Å²) in [6, 6.07) is 8.41. The predicted octanol–water partition coefficient (Wildman–Crippen LogP) is 3.44. The van der Waals surface area contributed by atoms with Crippen LogP contribution >= 0.6 is 24.0 Å². The minimum Gasteiger partial charge on any atom is -0.487 e. The maximum Gasteiger partial charge on any atom is 0.191 e. The number of ether oxygens (including phenoxy) is 1. The molecule has 0 spiro atoms. The second-order valence-electron chi connectivity index (χ2n) is 7.33. The Hall–Kier alpha value is -1.77. The van der Waals surface area contributed by atoms with E-state index < -0.39 is 0 Å². The van der Waals surface area contributed by atoms with Gasteiger partial charge in [0.2, 0.25) is 0 Å². The molecule has 1 aromatic carbocycles. The minimum atomic E-state index is -0.209. The fraction of sp³-hybridized carbons (Fsp3) is 0.500. The van der Waals surface area contributed by atoms with Crippen LogP contribution in [-0.2, 0) is 13.5 Å². The Balaban J connectivity index is 0.00000261. The fourth-order valence-corrected chi connectivity index (χ4v) is 3.31. The zero-order valence-corrected chi connectivity index (χ0v) is 18.9. The van der Waals surface area contributed by atoms with Crippen LogP contribution in [0.5, 0.6) is 5.75 Å². The molecule has 0 saturated carbocycles. The number of rotatable bonds is 5. The summed E-state index contributed by atoms with van der Waals surface area (Å²) in [6.07, 6.45) is 5.69. The Bertz CT molecular complexity index is 771. The topological polar surface area (TPSA) is 63.5 Å². The molecule has 27 heavy (non-hydrogen) atoms. The van der Waals surface area contributed by atoms with Crippen LogP contribution in [0, 0.1) is 0 Å². The van der Waals surface area contributed by atoms with Gasteiger partial charge in [0.1, 0.15) is 11.4 Å². The molecule has 0 amide bonds. The van der Waals surface area contributed by atoms with Gasteiger partial charge in [0.25, 0.3) is 0 Å². The number of aromatic nitrogens is 2. The smallest absolute Gasteiger partial charge is 0.191 e. The van der Waals surface area contributed by atoms with E-state index in [0.717, 1.165) is 37.6 Å². The average molecular weight is 483 g/mol. The number of benzene rings is 1. The van der Waals surface area contributed by atoms with Gasteiger partial charge in [0, 0.05) is 38.3 Å². The van der Waals surface area contributed by atoms with Crippen LogP contribution < -0.4 is 15.4 Å². The summed E-state index contributed by atoms with van der Waals surface area (Å²) in [6.45, 7) is 7.89. The third-order valence-corrected chi connectivity index (χ3v) is 4.46. The molecular formula is C20H30IN5O. The van der Waals surface area contributed by atoms with E-state index in [2.05, 4.69) is 48.6 Å². The third-order valence-electron chi connectivity index (χ3n) is 4.46. The number of halogens is 1. The van der Waals surface area contributed by atoms with Gasteiger partial charge in [0.15, 0.2) is 5.96 Å². The molecule has 1 aliphatic heterocycles. The Kier molecular flexibility index (Phi) is 7.52. The Morgan fingerprint density at radius 2 is 2.15 bits per heavy atom. The molecule has 2 aromatic rings. The summed E-state index contributed by atoms with van der Waals surface area (Å²) in [5.41, 5.74) is 2.17. The first-order valence-electron chi connectivity index (χ1n) is 9.27. The summed E-state index contributed by atoms with van der Waals surface area (Å²) < 4.78 is 7.95. The highest BCUT2D eigenvalue weighted by Gasteiger charge is 2.33. The van der Waals surface area contributed by atoms with Crippen LogP contribution in [0.15, 0.2) is 41.7 Å². The molecule has 3 rings (SSSR count). The molecule has 6 nitrogen and oxygen atoms in total. The highest BCUT2D eigenvalue weighted by Crippen LogP contribution is 2.39. The lowest BCUT2D eigenvalue weighted by Crippen LogP contribution is -2.45. The molecule has 1 aliphatic rings. The summed E-state index contributed by atoms with van der Waals surface area (Å²) in [4.78, 5) is 4.75. The normalized spacial score (nSPS) is 18.1. The first kappa shape index (κ1) is 21.5. The van der Waals surface area contributed by atoms with E-state index in [1.54, 1.807) is 0 Å². The van der Waals surface area contributed by atoms with Crippen molar-refractivity contribution in [2.24, 2.45) is 12.0 Å². The van der Waals surface area contributed by atoms with E-state index >= 15 is 0 Å². The minimum absolute atomic E-state index is 0. The van der Waals surface area contributed by atoms with Gasteiger partial charge in [-0.05, 0) is 38.8 Å². The van der Waals surface area contributed by atoms with Crippen molar-refractivity contribution >= 4 is 29.9 Å². The van der Waals surface area contributed by atoms with Gasteiger partial charge in [-0.2, -0.15) is 5.10 Å². The SMILES string of the molecule is CCNC(=NCCc1cnn(C)c1)NC1CC(C)(C)Oc2ccccc21.I. The van der Waals surface area contributed by atoms with Gasteiger partial charge in [0.05, 0.1) is 12.2 Å². The number of nitrogens with zero attached hydrogens (tertiary/aromatic N) is 3. The quantitative estimate of drug-likeness (QED) is 0.389. The van der Waals surface area contributed by atoms with E-state index in [1.807, 2.05) is 36.3 Å². The van der Waals surface area contributed by atoms with Gasteiger partial charge in [-0.1, -0.05) is 18.2 Å². The predicted molar refractivity (Wildman–Crippen MR) is 120 cm³/mol. The van der Waals surface area contributed by atoms with E-state index in [4.69, 9.17) is 9.73 Å². The van der Waals surface area contributed by atoms with Gasteiger partial charge < -0.3 is 15.4 Å². The van der Waals surface area contributed by atoms with Crippen LogP contribution in [0.4, 0.5) is 0 Å². The second-order valence-corrected chi connectivity index (χ2v) is 7.33. The molecule has 1 atom stereocenters. The van der Waals surface area contributed by atoms with Crippen molar-refractivity contribution in [2.45, 2.75) is 45.3 Å². The number of para-hydroxylation sites is 1. The first-order chi connectivity index (χ1) is 12.5. The van der Waals surface area contributed by atoms with Gasteiger partial charge in [-0.3, -0.25) is 9.67 Å². The summed E-state index contributed by atoms with van der Waals surface area (Å²) in [5, 5.41) is 11.2. The number of aryl methyl sites for hydroxylation is 1. The molecule has 0 radical (unpaired) electrons. The van der Waals surface area contributed by atoms with Crippen molar-refractivity contribution in [1.82, 2.24) is 20.4 Å². The lowest BCUT2D eigenvalue weighted by atomic mass is 9.90. The molecule has 0 aliphatic carbocycles. The van der Waals surface area contributed by atoms with Crippen LogP contribution in [0.25, 0.3) is 0 Å². The van der Waals surface area contributed by atoms with Crippen molar-refractivity contribution in [2.75, 3.05) is 13.1 Å². The van der Waals surface area contributed by atoms with Gasteiger partial charge in [-0.15, -0.1) is 24.0 Å². The second kappa shape index (κ2) is 9.43. The maximum absolute atomic E-state index is 6.12. The zero-order chi connectivity index (χ0) is 18.6. The third kappa shape index (κ3) is 5.85. The average Bonchev–Trinajstić information content (AvgIpc) is 2.99. The summed E-state index contributed by atoms with van der Waals surface area (Å²) in [7, 11) is 1.93. The number of hydrogen-bond acceptors (Lipinski definition) is 3. The standard InChI is InChI=1S/C20H29N5O.HI/c1-5-21-19(22-11-10-15-13-23-25(4)14-15)24-17-12-20(2,3)26-18-9-7-6-8-16(17)18;/h6-9,13-14,17H,5,10-12H2,1-4H3,(H2,21,22,24);1H. The van der Waals surface area contributed by atoms with Crippen LogP contribution in [0.2, 0.25) is 0 Å². The van der Waals surface area contributed by atoms with Crippen molar-refractivity contribution in [3.63, 3.8) is 0 Å². The van der Waals surface area contributed by atoms with E-state index in [1.165, 1.54) is 11.1 Å². The monoisotopic (exact) mass is 483 g/mol. The van der Waals surface area contributed by atoms with Crippen LogP contribution in [-0.4, -0.2) is 34.4 Å². The largest absolute Gasteiger partial charge is 0.487 e. The van der Waals surface area contributed by atoms with Crippen molar-refractivity contribution in [3.05, 3.63) is 47.8 Å². The molecule has 0 fully saturated rings. The summed E-state index contributed by atoms with van der Waals surface area (Å²) in [5.74, 6) is 1.79. The fourth-order valence-electron chi connectivity index (χ4n) is 3.31. The summed E-state index contributed by atoms with van der Waals surface area (Å²) >= 11 is 0. The van der Waals surface area contributed by atoms with Crippen molar-refractivity contribution in [1.29, 1.82) is 0 Å². The number of guanidine groups is 1. The number of hydrogen-bond donors (Lipinski definition) is 2. The van der Waals surface area contributed by atoms with Gasteiger partial charge >= 0.3 is 0 Å². The van der Waals surface area contributed by atoms with E-state index in [-0.39, 0.29) is 35.6 Å². The molecule has 0 bridgehead atoms. The Morgan fingerprint density at radius 1 is 1.37 bits per heavy atom. The molecule has 2 N–H and O–H groups in total. The number of nitrogens with one attached hydrogen (secondary N) is 2. The lowest BCUT2D eigenvalue weighted by molar-refractivity contribution is 0.0694. The molecule has 148 valence electrons. The van der Waals surface area contributed by atoms with Gasteiger partial charge in [-0.25, -0.2) is 0 Å². The van der Waals surface area contributed by atoms with E-state index in [9.17, 15) is 0 Å². The van der Waals surface area contributed by atoms with Crippen LogP contribution in [0.1, 0.15) is 44.4 Å². The number of fused-ring (bicyclic) bond motifs is 1. The molecule has 7 heteroatoms. The maximum atomic E-state index is 6.12. The Labute approximate surface area is 178 Å².